The van der Waals surface area contributed by atoms with Crippen LogP contribution in [0.5, 0.6) is 0 Å². The number of fused-ring (bicyclic) bond motifs is 5. The molecule has 34 heavy (non-hydrogen) atoms. The maximum absolute atomic E-state index is 14.9. The zero-order valence-corrected chi connectivity index (χ0v) is 18.0. The van der Waals surface area contributed by atoms with Gasteiger partial charge in [-0.15, -0.1) is 0 Å². The van der Waals surface area contributed by atoms with Gasteiger partial charge in [0.05, 0.1) is 22.3 Å². The van der Waals surface area contributed by atoms with Gasteiger partial charge in [0.2, 0.25) is 0 Å². The molecule has 174 valence electrons. The van der Waals surface area contributed by atoms with Gasteiger partial charge in [-0.3, -0.25) is 4.79 Å². The Kier molecular flexibility index (Phi) is 4.75. The fourth-order valence-corrected chi connectivity index (χ4v) is 5.88. The van der Waals surface area contributed by atoms with Gasteiger partial charge in [0.1, 0.15) is 23.3 Å². The minimum absolute atomic E-state index is 0.0667. The Bertz CT molecular complexity index is 1450. The zero-order chi connectivity index (χ0) is 23.6. The SMILES string of the molecule is O=C(O)C1C2CCC(CC2)C1Nc1nc(-c2c[nH]c3c(F)cc(F)cc23)nc2cccc(F)c12. The van der Waals surface area contributed by atoms with Crippen LogP contribution in [0.1, 0.15) is 25.7 Å². The van der Waals surface area contributed by atoms with E-state index in [4.69, 9.17) is 0 Å². The molecule has 2 heterocycles. The van der Waals surface area contributed by atoms with Gasteiger partial charge in [0, 0.05) is 29.3 Å². The molecule has 0 radical (unpaired) electrons. The van der Waals surface area contributed by atoms with Gasteiger partial charge in [-0.25, -0.2) is 23.1 Å². The molecule has 3 aliphatic carbocycles. The van der Waals surface area contributed by atoms with Crippen molar-refractivity contribution in [2.45, 2.75) is 31.7 Å². The highest BCUT2D eigenvalue weighted by Crippen LogP contribution is 2.47. The van der Waals surface area contributed by atoms with Gasteiger partial charge in [0.25, 0.3) is 0 Å². The smallest absolute Gasteiger partial charge is 0.308 e. The number of aromatic nitrogens is 3. The fourth-order valence-electron chi connectivity index (χ4n) is 5.88. The van der Waals surface area contributed by atoms with Gasteiger partial charge in [-0.05, 0) is 55.7 Å². The van der Waals surface area contributed by atoms with Gasteiger partial charge in [-0.1, -0.05) is 6.07 Å². The summed E-state index contributed by atoms with van der Waals surface area (Å²) in [6.45, 7) is 0. The monoisotopic (exact) mass is 466 g/mol. The molecule has 9 heteroatoms. The number of carboxylic acids is 1. The van der Waals surface area contributed by atoms with E-state index in [9.17, 15) is 23.1 Å². The average molecular weight is 466 g/mol. The van der Waals surface area contributed by atoms with Crippen molar-refractivity contribution in [1.82, 2.24) is 15.0 Å². The Morgan fingerprint density at radius 1 is 1.03 bits per heavy atom. The van der Waals surface area contributed by atoms with E-state index in [2.05, 4.69) is 20.3 Å². The highest BCUT2D eigenvalue weighted by Gasteiger charge is 2.47. The quantitative estimate of drug-likeness (QED) is 0.370. The van der Waals surface area contributed by atoms with E-state index < -0.39 is 35.4 Å². The lowest BCUT2D eigenvalue weighted by Gasteiger charge is -2.47. The summed E-state index contributed by atoms with van der Waals surface area (Å²) in [5.41, 5.74) is 0.790. The van der Waals surface area contributed by atoms with Crippen molar-refractivity contribution in [1.29, 1.82) is 0 Å². The number of rotatable bonds is 4. The minimum atomic E-state index is -0.867. The molecule has 4 aromatic rings. The first-order valence-corrected chi connectivity index (χ1v) is 11.3. The summed E-state index contributed by atoms with van der Waals surface area (Å²) < 4.78 is 43.1. The number of nitrogens with zero attached hydrogens (tertiary/aromatic N) is 2. The average Bonchev–Trinajstić information content (AvgIpc) is 3.23. The van der Waals surface area contributed by atoms with Crippen LogP contribution in [0.15, 0.2) is 36.5 Å². The Balaban J connectivity index is 1.52. The van der Waals surface area contributed by atoms with Crippen molar-refractivity contribution in [2.24, 2.45) is 17.8 Å². The highest BCUT2D eigenvalue weighted by molar-refractivity contribution is 5.97. The third-order valence-electron chi connectivity index (χ3n) is 7.43. The number of benzene rings is 2. The topological polar surface area (TPSA) is 90.9 Å². The minimum Gasteiger partial charge on any atom is -0.481 e. The molecular weight excluding hydrogens is 445 g/mol. The second kappa shape index (κ2) is 7.72. The van der Waals surface area contributed by atoms with Crippen LogP contribution in [0, 0.1) is 35.2 Å². The van der Waals surface area contributed by atoms with Crippen molar-refractivity contribution in [3.8, 4) is 11.4 Å². The van der Waals surface area contributed by atoms with Crippen LogP contribution < -0.4 is 5.32 Å². The van der Waals surface area contributed by atoms with Crippen LogP contribution in [-0.2, 0) is 4.79 Å². The molecule has 0 saturated heterocycles. The second-order valence-corrected chi connectivity index (χ2v) is 9.25. The number of anilines is 1. The van der Waals surface area contributed by atoms with E-state index in [1.54, 1.807) is 6.07 Å². The summed E-state index contributed by atoms with van der Waals surface area (Å²) in [6.07, 6.45) is 5.05. The van der Waals surface area contributed by atoms with Gasteiger partial charge >= 0.3 is 5.97 Å². The van der Waals surface area contributed by atoms with E-state index >= 15 is 0 Å². The first-order valence-electron chi connectivity index (χ1n) is 11.3. The Morgan fingerprint density at radius 2 is 1.79 bits per heavy atom. The molecule has 2 unspecified atom stereocenters. The number of hydrogen-bond acceptors (Lipinski definition) is 4. The molecule has 0 spiro atoms. The molecule has 3 N–H and O–H groups in total. The van der Waals surface area contributed by atoms with Crippen molar-refractivity contribution in [3.05, 3.63) is 54.0 Å². The molecule has 2 aromatic carbocycles. The molecule has 2 bridgehead atoms. The van der Waals surface area contributed by atoms with Crippen LogP contribution in [0.2, 0.25) is 0 Å². The predicted molar refractivity (Wildman–Crippen MR) is 121 cm³/mol. The summed E-state index contributed by atoms with van der Waals surface area (Å²) in [4.78, 5) is 23.9. The summed E-state index contributed by atoms with van der Waals surface area (Å²) >= 11 is 0. The van der Waals surface area contributed by atoms with Crippen LogP contribution >= 0.6 is 0 Å². The van der Waals surface area contributed by atoms with E-state index in [1.165, 1.54) is 24.4 Å². The molecule has 3 saturated carbocycles. The number of aliphatic carboxylic acids is 1. The molecule has 0 aliphatic heterocycles. The number of H-pyrrole nitrogens is 1. The van der Waals surface area contributed by atoms with Crippen molar-refractivity contribution < 1.29 is 23.1 Å². The summed E-state index contributed by atoms with van der Waals surface area (Å²) in [6, 6.07) is 6.04. The van der Waals surface area contributed by atoms with E-state index in [1.807, 2.05) is 0 Å². The number of aromatic amines is 1. The third kappa shape index (κ3) is 3.21. The normalized spacial score (nSPS) is 24.1. The van der Waals surface area contributed by atoms with Gasteiger partial charge in [0.15, 0.2) is 5.82 Å². The number of nitrogens with one attached hydrogen (secondary N) is 2. The standard InChI is InChI=1S/C25H21F3N4O2/c26-13-8-14-15(10-29-22(14)17(28)9-13)23-30-18-3-1-2-16(27)20(18)24(32-23)31-21-12-6-4-11(5-7-12)19(21)25(33)34/h1-3,8-12,19,21,29H,4-7H2,(H,33,34)(H,30,31,32). The number of hydrogen-bond donors (Lipinski definition) is 3. The maximum atomic E-state index is 14.9. The lowest BCUT2D eigenvalue weighted by molar-refractivity contribution is -0.148. The lowest BCUT2D eigenvalue weighted by atomic mass is 9.61. The molecular formula is C25H21F3N4O2. The fraction of sp³-hybridized carbons (Fsp3) is 0.320. The maximum Gasteiger partial charge on any atom is 0.308 e. The zero-order valence-electron chi connectivity index (χ0n) is 18.0. The van der Waals surface area contributed by atoms with Crippen molar-refractivity contribution in [2.75, 3.05) is 5.32 Å². The van der Waals surface area contributed by atoms with Crippen molar-refractivity contribution >= 4 is 33.6 Å². The molecule has 3 aliphatic rings. The van der Waals surface area contributed by atoms with E-state index in [0.717, 1.165) is 31.7 Å². The van der Waals surface area contributed by atoms with E-state index in [0.29, 0.717) is 11.1 Å². The molecule has 2 atom stereocenters. The second-order valence-electron chi connectivity index (χ2n) is 9.25. The van der Waals surface area contributed by atoms with Crippen LogP contribution in [0.25, 0.3) is 33.2 Å². The van der Waals surface area contributed by atoms with E-state index in [-0.39, 0.29) is 39.8 Å². The summed E-state index contributed by atoms with van der Waals surface area (Å²) in [7, 11) is 0. The highest BCUT2D eigenvalue weighted by atomic mass is 19.1. The Hall–Kier alpha value is -3.62. The first-order chi connectivity index (χ1) is 16.4. The summed E-state index contributed by atoms with van der Waals surface area (Å²) in [5.74, 6) is -2.92. The summed E-state index contributed by atoms with van der Waals surface area (Å²) in [5, 5.41) is 13.6. The van der Waals surface area contributed by atoms with Gasteiger partial charge in [-0.2, -0.15) is 0 Å². The van der Waals surface area contributed by atoms with Crippen molar-refractivity contribution in [3.63, 3.8) is 0 Å². The third-order valence-corrected chi connectivity index (χ3v) is 7.43. The van der Waals surface area contributed by atoms with Crippen LogP contribution in [-0.4, -0.2) is 32.1 Å². The number of carbonyl (C=O) groups is 1. The lowest BCUT2D eigenvalue weighted by Crippen LogP contribution is -2.51. The molecule has 7 rings (SSSR count). The van der Waals surface area contributed by atoms with Crippen LogP contribution in [0.4, 0.5) is 19.0 Å². The van der Waals surface area contributed by atoms with Gasteiger partial charge < -0.3 is 15.4 Å². The number of carboxylic acid groups (broad SMARTS) is 1. The molecule has 2 aromatic heterocycles. The Labute approximate surface area is 192 Å². The van der Waals surface area contributed by atoms with Crippen LogP contribution in [0.3, 0.4) is 0 Å². The molecule has 6 nitrogen and oxygen atoms in total. The number of halogens is 3. The predicted octanol–water partition coefficient (Wildman–Crippen LogP) is 5.50. The largest absolute Gasteiger partial charge is 0.481 e. The Morgan fingerprint density at radius 3 is 2.56 bits per heavy atom. The first kappa shape index (κ1) is 20.9. The molecule has 3 fully saturated rings. The molecule has 0 amide bonds.